The Hall–Kier alpha value is -3.14. The first-order valence-corrected chi connectivity index (χ1v) is 8.93. The van der Waals surface area contributed by atoms with E-state index in [2.05, 4.69) is 43.4 Å². The van der Waals surface area contributed by atoms with Crippen LogP contribution in [0.3, 0.4) is 0 Å². The van der Waals surface area contributed by atoms with Gasteiger partial charge in [0.25, 0.3) is 5.91 Å². The van der Waals surface area contributed by atoms with Crippen LogP contribution in [0.5, 0.6) is 5.75 Å². The van der Waals surface area contributed by atoms with Gasteiger partial charge in [0.2, 0.25) is 0 Å². The van der Waals surface area contributed by atoms with Crippen LogP contribution in [0.1, 0.15) is 49.2 Å². The fraction of sp³-hybridized carbons (Fsp3) is 0.217. The van der Waals surface area contributed by atoms with Crippen molar-refractivity contribution in [2.24, 2.45) is 5.10 Å². The highest BCUT2D eigenvalue weighted by atomic mass is 16.3. The van der Waals surface area contributed by atoms with Gasteiger partial charge >= 0.3 is 0 Å². The highest BCUT2D eigenvalue weighted by molar-refractivity contribution is 6.03. The SMILES string of the molecule is CC(=NNC(=O)c1cc2ccccc2cc1O)c1ccc(C(C)(C)C)cc1. The average Bonchev–Trinajstić information content (AvgIpc) is 2.64. The standard InChI is InChI=1S/C23H24N2O2/c1-15(16-9-11-19(12-10-16)23(2,3)4)24-25-22(27)20-13-17-7-5-6-8-18(17)14-21(20)26/h5-14,26H,1-4H3,(H,25,27). The van der Waals surface area contributed by atoms with Crippen molar-refractivity contribution >= 4 is 22.4 Å². The summed E-state index contributed by atoms with van der Waals surface area (Å²) in [5.74, 6) is -0.502. The van der Waals surface area contributed by atoms with Crippen LogP contribution in [-0.4, -0.2) is 16.7 Å². The Balaban J connectivity index is 1.79. The molecule has 0 fully saturated rings. The predicted molar refractivity (Wildman–Crippen MR) is 110 cm³/mol. The minimum absolute atomic E-state index is 0.0615. The molecule has 0 unspecified atom stereocenters. The van der Waals surface area contributed by atoms with Gasteiger partial charge in [-0.2, -0.15) is 5.10 Å². The van der Waals surface area contributed by atoms with Gasteiger partial charge < -0.3 is 5.11 Å². The molecule has 0 aliphatic heterocycles. The third kappa shape index (κ3) is 4.17. The van der Waals surface area contributed by atoms with Crippen molar-refractivity contribution < 1.29 is 9.90 Å². The van der Waals surface area contributed by atoms with E-state index in [0.29, 0.717) is 5.71 Å². The molecule has 3 rings (SSSR count). The normalized spacial score (nSPS) is 12.2. The number of nitrogens with zero attached hydrogens (tertiary/aromatic N) is 1. The third-order valence-electron chi connectivity index (χ3n) is 4.60. The molecule has 0 aliphatic rings. The lowest BCUT2D eigenvalue weighted by Gasteiger charge is -2.19. The highest BCUT2D eigenvalue weighted by Gasteiger charge is 2.14. The number of hydrogen-bond acceptors (Lipinski definition) is 3. The van der Waals surface area contributed by atoms with Gasteiger partial charge in [-0.25, -0.2) is 5.43 Å². The zero-order valence-corrected chi connectivity index (χ0v) is 16.1. The quantitative estimate of drug-likeness (QED) is 0.510. The zero-order valence-electron chi connectivity index (χ0n) is 16.1. The molecule has 0 radical (unpaired) electrons. The number of hydrogen-bond donors (Lipinski definition) is 2. The Kier molecular flexibility index (Phi) is 5.00. The van der Waals surface area contributed by atoms with Gasteiger partial charge in [0, 0.05) is 0 Å². The largest absolute Gasteiger partial charge is 0.507 e. The van der Waals surface area contributed by atoms with Crippen LogP contribution >= 0.6 is 0 Å². The molecule has 0 aromatic heterocycles. The second kappa shape index (κ2) is 7.23. The van der Waals surface area contributed by atoms with Gasteiger partial charge in [-0.3, -0.25) is 4.79 Å². The van der Waals surface area contributed by atoms with Gasteiger partial charge in [0.1, 0.15) is 5.75 Å². The second-order valence-corrected chi connectivity index (χ2v) is 7.68. The topological polar surface area (TPSA) is 61.7 Å². The number of phenols is 1. The van der Waals surface area contributed by atoms with E-state index in [1.807, 2.05) is 43.3 Å². The van der Waals surface area contributed by atoms with E-state index in [1.54, 1.807) is 12.1 Å². The number of amides is 1. The molecule has 0 atom stereocenters. The van der Waals surface area contributed by atoms with E-state index in [-0.39, 0.29) is 16.7 Å². The number of carbonyl (C=O) groups is 1. The first kappa shape index (κ1) is 18.6. The number of hydrazone groups is 1. The summed E-state index contributed by atoms with van der Waals surface area (Å²) in [6.07, 6.45) is 0. The maximum Gasteiger partial charge on any atom is 0.275 e. The third-order valence-corrected chi connectivity index (χ3v) is 4.60. The minimum atomic E-state index is -0.441. The van der Waals surface area contributed by atoms with Crippen LogP contribution in [0.15, 0.2) is 65.8 Å². The molecule has 1 amide bonds. The summed E-state index contributed by atoms with van der Waals surface area (Å²) in [5, 5.41) is 16.1. The highest BCUT2D eigenvalue weighted by Crippen LogP contribution is 2.25. The molecule has 0 saturated heterocycles. The van der Waals surface area contributed by atoms with Crippen LogP contribution in [0.4, 0.5) is 0 Å². The van der Waals surface area contributed by atoms with E-state index in [1.165, 1.54) is 5.56 Å². The van der Waals surface area contributed by atoms with Gasteiger partial charge in [-0.15, -0.1) is 0 Å². The van der Waals surface area contributed by atoms with Crippen LogP contribution in [0.25, 0.3) is 10.8 Å². The van der Waals surface area contributed by atoms with E-state index in [0.717, 1.165) is 16.3 Å². The van der Waals surface area contributed by atoms with E-state index in [9.17, 15) is 9.90 Å². The van der Waals surface area contributed by atoms with Gasteiger partial charge in [0.05, 0.1) is 11.3 Å². The van der Waals surface area contributed by atoms with Crippen molar-refractivity contribution in [3.05, 3.63) is 77.4 Å². The summed E-state index contributed by atoms with van der Waals surface area (Å²) in [6, 6.07) is 19.0. The molecule has 0 aliphatic carbocycles. The molecule has 3 aromatic carbocycles. The van der Waals surface area contributed by atoms with Crippen molar-refractivity contribution in [3.63, 3.8) is 0 Å². The zero-order chi connectivity index (χ0) is 19.6. The maximum atomic E-state index is 12.5. The Bertz CT molecular complexity index is 1010. The Morgan fingerprint density at radius 3 is 2.15 bits per heavy atom. The molecule has 4 nitrogen and oxygen atoms in total. The summed E-state index contributed by atoms with van der Waals surface area (Å²) in [5.41, 5.74) is 5.70. The van der Waals surface area contributed by atoms with Crippen molar-refractivity contribution in [1.82, 2.24) is 5.43 Å². The van der Waals surface area contributed by atoms with Crippen LogP contribution in [0, 0.1) is 0 Å². The molecule has 0 spiro atoms. The lowest BCUT2D eigenvalue weighted by Crippen LogP contribution is -2.19. The number of phenolic OH excluding ortho intramolecular Hbond substituents is 1. The number of nitrogens with one attached hydrogen (secondary N) is 1. The number of carbonyl (C=O) groups excluding carboxylic acids is 1. The summed E-state index contributed by atoms with van der Waals surface area (Å²) in [4.78, 5) is 12.5. The van der Waals surface area contributed by atoms with Crippen molar-refractivity contribution in [1.29, 1.82) is 0 Å². The van der Waals surface area contributed by atoms with Crippen LogP contribution in [-0.2, 0) is 5.41 Å². The molecular weight excluding hydrogens is 336 g/mol. The Morgan fingerprint density at radius 2 is 1.56 bits per heavy atom. The molecule has 3 aromatic rings. The molecule has 0 bridgehead atoms. The maximum absolute atomic E-state index is 12.5. The molecule has 27 heavy (non-hydrogen) atoms. The lowest BCUT2D eigenvalue weighted by molar-refractivity contribution is 0.0952. The van der Waals surface area contributed by atoms with Crippen LogP contribution < -0.4 is 5.43 Å². The first-order valence-electron chi connectivity index (χ1n) is 8.93. The lowest BCUT2D eigenvalue weighted by atomic mass is 9.86. The first-order chi connectivity index (χ1) is 12.8. The fourth-order valence-corrected chi connectivity index (χ4v) is 2.88. The molecule has 0 saturated carbocycles. The van der Waals surface area contributed by atoms with Crippen LogP contribution in [0.2, 0.25) is 0 Å². The predicted octanol–water partition coefficient (Wildman–Crippen LogP) is 5.00. The van der Waals surface area contributed by atoms with Crippen molar-refractivity contribution in [2.75, 3.05) is 0 Å². The smallest absolute Gasteiger partial charge is 0.275 e. The molecule has 4 heteroatoms. The summed E-state index contributed by atoms with van der Waals surface area (Å²) >= 11 is 0. The average molecular weight is 360 g/mol. The number of benzene rings is 3. The van der Waals surface area contributed by atoms with E-state index in [4.69, 9.17) is 0 Å². The second-order valence-electron chi connectivity index (χ2n) is 7.68. The van der Waals surface area contributed by atoms with Gasteiger partial charge in [-0.1, -0.05) is 69.3 Å². The van der Waals surface area contributed by atoms with Crippen molar-refractivity contribution in [2.45, 2.75) is 33.1 Å². The summed E-state index contributed by atoms with van der Waals surface area (Å²) in [6.45, 7) is 8.34. The molecule has 2 N–H and O–H groups in total. The summed E-state index contributed by atoms with van der Waals surface area (Å²) < 4.78 is 0. The summed E-state index contributed by atoms with van der Waals surface area (Å²) in [7, 11) is 0. The Morgan fingerprint density at radius 1 is 0.963 bits per heavy atom. The molecule has 0 heterocycles. The Labute approximate surface area is 159 Å². The van der Waals surface area contributed by atoms with Gasteiger partial charge in [0.15, 0.2) is 0 Å². The number of aromatic hydroxyl groups is 1. The molecule has 138 valence electrons. The minimum Gasteiger partial charge on any atom is -0.507 e. The number of rotatable bonds is 3. The van der Waals surface area contributed by atoms with Gasteiger partial charge in [-0.05, 0) is 46.4 Å². The van der Waals surface area contributed by atoms with Crippen molar-refractivity contribution in [3.8, 4) is 5.75 Å². The monoisotopic (exact) mass is 360 g/mol. The number of fused-ring (bicyclic) bond motifs is 1. The fourth-order valence-electron chi connectivity index (χ4n) is 2.88. The van der Waals surface area contributed by atoms with E-state index >= 15 is 0 Å². The van der Waals surface area contributed by atoms with E-state index < -0.39 is 5.91 Å². The molecular formula is C23H24N2O2.